The highest BCUT2D eigenvalue weighted by Gasteiger charge is 2.53. The number of carboxylic acid groups (broad SMARTS) is 1. The number of hydrogen-bond donors (Lipinski definition) is 1. The standard InChI is InChI=1S/C14H22N2O4/c17-12(14(13(18)19)3-1-4-14)16-5-2-11(10-16)15-6-8-20-9-7-15/h11H,1-10H2,(H,18,19). The molecule has 6 heteroatoms. The molecule has 0 spiro atoms. The van der Waals surface area contributed by atoms with Gasteiger partial charge in [-0.2, -0.15) is 0 Å². The second-order valence-corrected chi connectivity index (χ2v) is 6.08. The first-order valence-corrected chi connectivity index (χ1v) is 7.48. The molecule has 2 aliphatic heterocycles. The number of rotatable bonds is 3. The number of aliphatic carboxylic acids is 1. The van der Waals surface area contributed by atoms with Crippen LogP contribution in [0, 0.1) is 5.41 Å². The molecule has 1 N–H and O–H groups in total. The molecule has 1 saturated carbocycles. The zero-order chi connectivity index (χ0) is 14.2. The van der Waals surface area contributed by atoms with E-state index in [4.69, 9.17) is 4.74 Å². The minimum absolute atomic E-state index is 0.160. The van der Waals surface area contributed by atoms with Crippen LogP contribution in [-0.4, -0.2) is 72.2 Å². The summed E-state index contributed by atoms with van der Waals surface area (Å²) < 4.78 is 5.35. The van der Waals surface area contributed by atoms with E-state index in [9.17, 15) is 14.7 Å². The Kier molecular flexibility index (Phi) is 3.69. The lowest BCUT2D eigenvalue weighted by Gasteiger charge is -2.39. The van der Waals surface area contributed by atoms with Crippen molar-refractivity contribution in [3.8, 4) is 0 Å². The quantitative estimate of drug-likeness (QED) is 0.748. The Morgan fingerprint density at radius 3 is 2.40 bits per heavy atom. The van der Waals surface area contributed by atoms with Crippen molar-refractivity contribution in [3.05, 3.63) is 0 Å². The number of morpholine rings is 1. The van der Waals surface area contributed by atoms with E-state index in [1.807, 2.05) is 0 Å². The summed E-state index contributed by atoms with van der Waals surface area (Å²) in [4.78, 5) is 28.1. The lowest BCUT2D eigenvalue weighted by Crippen LogP contribution is -2.53. The summed E-state index contributed by atoms with van der Waals surface area (Å²) in [6, 6.07) is 0.369. The van der Waals surface area contributed by atoms with Crippen molar-refractivity contribution in [2.45, 2.75) is 31.7 Å². The van der Waals surface area contributed by atoms with Crippen LogP contribution in [0.4, 0.5) is 0 Å². The molecular weight excluding hydrogens is 260 g/mol. The van der Waals surface area contributed by atoms with Gasteiger partial charge in [-0.3, -0.25) is 14.5 Å². The largest absolute Gasteiger partial charge is 0.480 e. The van der Waals surface area contributed by atoms with Crippen LogP contribution in [0.25, 0.3) is 0 Å². The summed E-state index contributed by atoms with van der Waals surface area (Å²) in [5.41, 5.74) is -1.11. The fourth-order valence-electron chi connectivity index (χ4n) is 3.52. The SMILES string of the molecule is O=C(O)C1(C(=O)N2CCC(N3CCOCC3)C2)CCC1. The number of nitrogens with zero attached hydrogens (tertiary/aromatic N) is 2. The van der Waals surface area contributed by atoms with Gasteiger partial charge in [0.05, 0.1) is 13.2 Å². The second kappa shape index (κ2) is 5.33. The number of carboxylic acids is 1. The maximum Gasteiger partial charge on any atom is 0.319 e. The van der Waals surface area contributed by atoms with E-state index in [-0.39, 0.29) is 5.91 Å². The van der Waals surface area contributed by atoms with Crippen molar-refractivity contribution in [3.63, 3.8) is 0 Å². The van der Waals surface area contributed by atoms with Crippen LogP contribution in [0.3, 0.4) is 0 Å². The third-order valence-corrected chi connectivity index (χ3v) is 5.04. The molecule has 6 nitrogen and oxygen atoms in total. The monoisotopic (exact) mass is 282 g/mol. The predicted octanol–water partition coefficient (Wildman–Crippen LogP) is 0.174. The molecular formula is C14H22N2O4. The zero-order valence-electron chi connectivity index (χ0n) is 11.7. The van der Waals surface area contributed by atoms with Crippen LogP contribution in [0.15, 0.2) is 0 Å². The van der Waals surface area contributed by atoms with E-state index >= 15 is 0 Å². The molecule has 2 saturated heterocycles. The third kappa shape index (κ3) is 2.20. The average molecular weight is 282 g/mol. The van der Waals surface area contributed by atoms with Crippen LogP contribution in [0.2, 0.25) is 0 Å². The summed E-state index contributed by atoms with van der Waals surface area (Å²) in [5, 5.41) is 9.35. The normalized spacial score (nSPS) is 30.0. The van der Waals surface area contributed by atoms with Crippen molar-refractivity contribution < 1.29 is 19.4 Å². The smallest absolute Gasteiger partial charge is 0.319 e. The molecule has 112 valence electrons. The van der Waals surface area contributed by atoms with E-state index in [0.29, 0.717) is 32.0 Å². The van der Waals surface area contributed by atoms with Crippen molar-refractivity contribution in [1.82, 2.24) is 9.80 Å². The van der Waals surface area contributed by atoms with Gasteiger partial charge in [-0.1, -0.05) is 6.42 Å². The molecule has 1 atom stereocenters. The van der Waals surface area contributed by atoms with Gasteiger partial charge in [-0.25, -0.2) is 0 Å². The summed E-state index contributed by atoms with van der Waals surface area (Å²) in [7, 11) is 0. The lowest BCUT2D eigenvalue weighted by molar-refractivity contribution is -0.167. The van der Waals surface area contributed by atoms with Gasteiger partial charge in [0.1, 0.15) is 5.41 Å². The van der Waals surface area contributed by atoms with Crippen molar-refractivity contribution in [2.75, 3.05) is 39.4 Å². The highest BCUT2D eigenvalue weighted by atomic mass is 16.5. The van der Waals surface area contributed by atoms with E-state index in [2.05, 4.69) is 4.90 Å². The van der Waals surface area contributed by atoms with Crippen LogP contribution in [0.1, 0.15) is 25.7 Å². The molecule has 0 aromatic rings. The van der Waals surface area contributed by atoms with Crippen LogP contribution >= 0.6 is 0 Å². The Morgan fingerprint density at radius 1 is 1.15 bits per heavy atom. The lowest BCUT2D eigenvalue weighted by atomic mass is 9.68. The van der Waals surface area contributed by atoms with Crippen LogP contribution in [-0.2, 0) is 14.3 Å². The minimum atomic E-state index is -1.11. The topological polar surface area (TPSA) is 70.1 Å². The van der Waals surface area contributed by atoms with Gasteiger partial charge in [0.25, 0.3) is 0 Å². The molecule has 3 fully saturated rings. The first-order valence-electron chi connectivity index (χ1n) is 7.48. The fraction of sp³-hybridized carbons (Fsp3) is 0.857. The number of amides is 1. The summed E-state index contributed by atoms with van der Waals surface area (Å²) in [6.45, 7) is 4.70. The van der Waals surface area contributed by atoms with Gasteiger partial charge < -0.3 is 14.7 Å². The molecule has 0 aromatic heterocycles. The van der Waals surface area contributed by atoms with Gasteiger partial charge in [0.2, 0.25) is 5.91 Å². The Balaban J connectivity index is 1.61. The molecule has 1 aliphatic carbocycles. The van der Waals surface area contributed by atoms with Crippen molar-refractivity contribution >= 4 is 11.9 Å². The molecule has 0 radical (unpaired) electrons. The molecule has 1 amide bonds. The number of hydrogen-bond acceptors (Lipinski definition) is 4. The maximum atomic E-state index is 12.5. The number of carbonyl (C=O) groups is 2. The molecule has 3 aliphatic rings. The molecule has 0 aromatic carbocycles. The van der Waals surface area contributed by atoms with E-state index in [1.165, 1.54) is 0 Å². The molecule has 2 heterocycles. The molecule has 0 bridgehead atoms. The number of carbonyl (C=O) groups excluding carboxylic acids is 1. The fourth-order valence-corrected chi connectivity index (χ4v) is 3.52. The number of ether oxygens (including phenoxy) is 1. The van der Waals surface area contributed by atoms with Crippen molar-refractivity contribution in [2.24, 2.45) is 5.41 Å². The highest BCUT2D eigenvalue weighted by Crippen LogP contribution is 2.43. The van der Waals surface area contributed by atoms with E-state index in [0.717, 1.165) is 39.1 Å². The van der Waals surface area contributed by atoms with E-state index in [1.54, 1.807) is 4.90 Å². The third-order valence-electron chi connectivity index (χ3n) is 5.04. The van der Waals surface area contributed by atoms with Gasteiger partial charge in [0.15, 0.2) is 0 Å². The predicted molar refractivity (Wildman–Crippen MR) is 71.3 cm³/mol. The van der Waals surface area contributed by atoms with Gasteiger partial charge in [0, 0.05) is 32.2 Å². The van der Waals surface area contributed by atoms with Crippen molar-refractivity contribution in [1.29, 1.82) is 0 Å². The second-order valence-electron chi connectivity index (χ2n) is 6.08. The minimum Gasteiger partial charge on any atom is -0.480 e. The maximum absolute atomic E-state index is 12.5. The van der Waals surface area contributed by atoms with E-state index < -0.39 is 11.4 Å². The molecule has 1 unspecified atom stereocenters. The summed E-state index contributed by atoms with van der Waals surface area (Å²) in [6.07, 6.45) is 2.79. The average Bonchev–Trinajstić information content (AvgIpc) is 2.87. The van der Waals surface area contributed by atoms with Gasteiger partial charge in [-0.05, 0) is 19.3 Å². The Bertz CT molecular complexity index is 402. The molecule has 3 rings (SSSR count). The van der Waals surface area contributed by atoms with Gasteiger partial charge in [-0.15, -0.1) is 0 Å². The summed E-state index contributed by atoms with van der Waals surface area (Å²) in [5.74, 6) is -1.10. The number of likely N-dealkylation sites (tertiary alicyclic amines) is 1. The first kappa shape index (κ1) is 13.8. The summed E-state index contributed by atoms with van der Waals surface area (Å²) >= 11 is 0. The molecule has 20 heavy (non-hydrogen) atoms. The van der Waals surface area contributed by atoms with Crippen LogP contribution < -0.4 is 0 Å². The highest BCUT2D eigenvalue weighted by molar-refractivity contribution is 6.02. The van der Waals surface area contributed by atoms with Crippen LogP contribution in [0.5, 0.6) is 0 Å². The Morgan fingerprint density at radius 2 is 1.85 bits per heavy atom. The zero-order valence-corrected chi connectivity index (χ0v) is 11.7. The Labute approximate surface area is 118 Å². The first-order chi connectivity index (χ1) is 9.63. The van der Waals surface area contributed by atoms with Gasteiger partial charge >= 0.3 is 5.97 Å². The Hall–Kier alpha value is -1.14.